The number of nitrogens with one attached hydrogen (secondary N) is 1. The van der Waals surface area contributed by atoms with Crippen molar-refractivity contribution in [2.24, 2.45) is 23.7 Å². The van der Waals surface area contributed by atoms with Crippen molar-refractivity contribution >= 4 is 5.69 Å². The Balaban J connectivity index is 1.46. The lowest BCUT2D eigenvalue weighted by atomic mass is 9.54. The van der Waals surface area contributed by atoms with Gasteiger partial charge in [-0.15, -0.1) is 0 Å². The van der Waals surface area contributed by atoms with E-state index < -0.39 is 0 Å². The second-order valence-electron chi connectivity index (χ2n) is 7.27. The fourth-order valence-electron chi connectivity index (χ4n) is 5.25. The predicted molar refractivity (Wildman–Crippen MR) is 81.7 cm³/mol. The molecular formula is C18H25NO. The third kappa shape index (κ3) is 2.24. The Morgan fingerprint density at radius 2 is 1.50 bits per heavy atom. The Labute approximate surface area is 121 Å². The van der Waals surface area contributed by atoms with Crippen LogP contribution in [0.25, 0.3) is 0 Å². The van der Waals surface area contributed by atoms with Gasteiger partial charge in [0.1, 0.15) is 0 Å². The van der Waals surface area contributed by atoms with Crippen molar-refractivity contribution in [3.8, 4) is 0 Å². The summed E-state index contributed by atoms with van der Waals surface area (Å²) in [6.45, 7) is 0.238. The first-order chi connectivity index (χ1) is 9.81. The summed E-state index contributed by atoms with van der Waals surface area (Å²) >= 11 is 0. The highest BCUT2D eigenvalue weighted by molar-refractivity contribution is 5.46. The molecule has 4 fully saturated rings. The summed E-state index contributed by atoms with van der Waals surface area (Å²) in [5.41, 5.74) is 2.49. The van der Waals surface area contributed by atoms with Crippen molar-refractivity contribution in [2.45, 2.75) is 44.6 Å². The van der Waals surface area contributed by atoms with Gasteiger partial charge in [0.25, 0.3) is 0 Å². The van der Waals surface area contributed by atoms with Crippen LogP contribution in [0.1, 0.15) is 37.7 Å². The van der Waals surface area contributed by atoms with Crippen LogP contribution in [0.4, 0.5) is 5.69 Å². The molecule has 2 nitrogen and oxygen atoms in total. The summed E-state index contributed by atoms with van der Waals surface area (Å²) in [5.74, 6) is 3.93. The van der Waals surface area contributed by atoms with Gasteiger partial charge >= 0.3 is 0 Å². The van der Waals surface area contributed by atoms with E-state index in [2.05, 4.69) is 29.6 Å². The predicted octanol–water partition coefficient (Wildman–Crippen LogP) is 3.46. The molecule has 0 unspecified atom stereocenters. The van der Waals surface area contributed by atoms with Gasteiger partial charge in [0.15, 0.2) is 0 Å². The van der Waals surface area contributed by atoms with E-state index in [1.807, 2.05) is 0 Å². The third-order valence-electron chi connectivity index (χ3n) is 5.91. The number of hydrogen-bond donors (Lipinski definition) is 2. The van der Waals surface area contributed by atoms with E-state index in [9.17, 15) is 0 Å². The lowest BCUT2D eigenvalue weighted by Gasteiger charge is -2.54. The molecule has 20 heavy (non-hydrogen) atoms. The van der Waals surface area contributed by atoms with Crippen LogP contribution in [-0.4, -0.2) is 17.8 Å². The lowest BCUT2D eigenvalue weighted by Crippen LogP contribution is -2.51. The normalized spacial score (nSPS) is 38.1. The second-order valence-corrected chi connectivity index (χ2v) is 7.27. The van der Waals surface area contributed by atoms with Crippen molar-refractivity contribution in [1.29, 1.82) is 0 Å². The molecule has 0 atom stereocenters. The van der Waals surface area contributed by atoms with E-state index in [4.69, 9.17) is 5.11 Å². The largest absolute Gasteiger partial charge is 0.396 e. The van der Waals surface area contributed by atoms with Crippen molar-refractivity contribution in [3.63, 3.8) is 0 Å². The van der Waals surface area contributed by atoms with Crippen molar-refractivity contribution < 1.29 is 5.11 Å². The standard InChI is InChI=1S/C18H25NO/c20-6-5-12-1-3-17(4-2-12)19-18-15-8-13-7-14(10-15)11-16(18)9-13/h1-4,13-16,18-20H,5-11H2. The van der Waals surface area contributed by atoms with Crippen LogP contribution in [0.15, 0.2) is 24.3 Å². The molecule has 0 radical (unpaired) electrons. The van der Waals surface area contributed by atoms with E-state index in [1.165, 1.54) is 43.4 Å². The van der Waals surface area contributed by atoms with Gasteiger partial charge < -0.3 is 10.4 Å². The number of benzene rings is 1. The van der Waals surface area contributed by atoms with Gasteiger partial charge in [0.05, 0.1) is 0 Å². The minimum atomic E-state index is 0.238. The Kier molecular flexibility index (Phi) is 3.22. The van der Waals surface area contributed by atoms with E-state index >= 15 is 0 Å². The summed E-state index contributed by atoms with van der Waals surface area (Å²) in [6.07, 6.45) is 8.15. The van der Waals surface area contributed by atoms with Crippen LogP contribution in [-0.2, 0) is 6.42 Å². The van der Waals surface area contributed by atoms with Crippen LogP contribution >= 0.6 is 0 Å². The molecule has 0 heterocycles. The highest BCUT2D eigenvalue weighted by Gasteiger charge is 2.48. The first kappa shape index (κ1) is 12.7. The SMILES string of the molecule is OCCc1ccc(NC2C3CC4CC(C3)CC2C4)cc1. The van der Waals surface area contributed by atoms with Crippen molar-refractivity contribution in [2.75, 3.05) is 11.9 Å². The number of rotatable bonds is 4. The summed E-state index contributed by atoms with van der Waals surface area (Å²) in [5, 5.41) is 12.8. The van der Waals surface area contributed by atoms with Crippen molar-refractivity contribution in [3.05, 3.63) is 29.8 Å². The van der Waals surface area contributed by atoms with Gasteiger partial charge in [-0.25, -0.2) is 0 Å². The number of aliphatic hydroxyl groups excluding tert-OH is 1. The molecule has 5 rings (SSSR count). The molecule has 0 spiro atoms. The van der Waals surface area contributed by atoms with Gasteiger partial charge in [-0.3, -0.25) is 0 Å². The number of hydrogen-bond acceptors (Lipinski definition) is 2. The van der Waals surface area contributed by atoms with Crippen LogP contribution in [0.3, 0.4) is 0 Å². The minimum absolute atomic E-state index is 0.238. The van der Waals surface area contributed by atoms with Gasteiger partial charge in [-0.1, -0.05) is 12.1 Å². The fraction of sp³-hybridized carbons (Fsp3) is 0.667. The first-order valence-electron chi connectivity index (χ1n) is 8.28. The van der Waals surface area contributed by atoms with Crippen molar-refractivity contribution in [1.82, 2.24) is 0 Å². The van der Waals surface area contributed by atoms with Gasteiger partial charge in [-0.2, -0.15) is 0 Å². The maximum atomic E-state index is 8.97. The molecular weight excluding hydrogens is 246 g/mol. The maximum absolute atomic E-state index is 8.97. The molecule has 0 saturated heterocycles. The topological polar surface area (TPSA) is 32.3 Å². The molecule has 2 N–H and O–H groups in total. The Morgan fingerprint density at radius 3 is 2.05 bits per heavy atom. The molecule has 4 saturated carbocycles. The smallest absolute Gasteiger partial charge is 0.0471 e. The molecule has 0 aliphatic heterocycles. The van der Waals surface area contributed by atoms with Crippen LogP contribution in [0, 0.1) is 23.7 Å². The van der Waals surface area contributed by atoms with E-state index in [0.29, 0.717) is 6.04 Å². The van der Waals surface area contributed by atoms with Crippen LogP contribution < -0.4 is 5.32 Å². The fourth-order valence-corrected chi connectivity index (χ4v) is 5.25. The van der Waals surface area contributed by atoms with Gasteiger partial charge in [-0.05, 0) is 79.9 Å². The highest BCUT2D eigenvalue weighted by Crippen LogP contribution is 2.54. The van der Waals surface area contributed by atoms with E-state index in [1.54, 1.807) is 0 Å². The summed E-state index contributed by atoms with van der Waals surface area (Å²) < 4.78 is 0. The van der Waals surface area contributed by atoms with Crippen LogP contribution in [0.5, 0.6) is 0 Å². The molecule has 1 aromatic rings. The molecule has 0 amide bonds. The maximum Gasteiger partial charge on any atom is 0.0471 e. The summed E-state index contributed by atoms with van der Waals surface area (Å²) in [4.78, 5) is 0. The van der Waals surface area contributed by atoms with Crippen LogP contribution in [0.2, 0.25) is 0 Å². The Morgan fingerprint density at radius 1 is 0.900 bits per heavy atom. The van der Waals surface area contributed by atoms with E-state index in [0.717, 1.165) is 30.1 Å². The zero-order valence-corrected chi connectivity index (χ0v) is 12.1. The zero-order valence-electron chi connectivity index (χ0n) is 12.1. The average Bonchev–Trinajstić information content (AvgIpc) is 2.44. The van der Waals surface area contributed by atoms with E-state index in [-0.39, 0.29) is 6.61 Å². The zero-order chi connectivity index (χ0) is 13.5. The molecule has 4 aliphatic rings. The molecule has 1 aromatic carbocycles. The first-order valence-corrected chi connectivity index (χ1v) is 8.28. The van der Waals surface area contributed by atoms with Gasteiger partial charge in [0, 0.05) is 18.3 Å². The molecule has 4 aliphatic carbocycles. The quantitative estimate of drug-likeness (QED) is 0.879. The lowest BCUT2D eigenvalue weighted by molar-refractivity contribution is 0.00754. The number of anilines is 1. The Bertz CT molecular complexity index is 439. The molecule has 108 valence electrons. The average molecular weight is 271 g/mol. The number of aliphatic hydroxyl groups is 1. The third-order valence-corrected chi connectivity index (χ3v) is 5.91. The summed E-state index contributed by atoms with van der Waals surface area (Å²) in [6, 6.07) is 9.39. The minimum Gasteiger partial charge on any atom is -0.396 e. The molecule has 0 aromatic heterocycles. The summed E-state index contributed by atoms with van der Waals surface area (Å²) in [7, 11) is 0. The Hall–Kier alpha value is -1.02. The van der Waals surface area contributed by atoms with Gasteiger partial charge in [0.2, 0.25) is 0 Å². The molecule has 2 heteroatoms. The second kappa shape index (κ2) is 5.07. The molecule has 4 bridgehead atoms. The highest BCUT2D eigenvalue weighted by atomic mass is 16.2. The monoisotopic (exact) mass is 271 g/mol.